The summed E-state index contributed by atoms with van der Waals surface area (Å²) in [7, 11) is -3.26. The predicted octanol–water partition coefficient (Wildman–Crippen LogP) is 3.82. The van der Waals surface area contributed by atoms with Gasteiger partial charge in [-0.25, -0.2) is 12.8 Å². The van der Waals surface area contributed by atoms with Gasteiger partial charge in [0, 0.05) is 28.7 Å². The van der Waals surface area contributed by atoms with Gasteiger partial charge in [-0.15, -0.1) is 0 Å². The molecule has 1 saturated heterocycles. The van der Waals surface area contributed by atoms with E-state index in [9.17, 15) is 17.6 Å². The number of hydrogen-bond acceptors (Lipinski definition) is 3. The maximum Gasteiger partial charge on any atom is 0.254 e. The van der Waals surface area contributed by atoms with E-state index in [-0.39, 0.29) is 24.2 Å². The number of hydrogen-bond donors (Lipinski definition) is 0. The van der Waals surface area contributed by atoms with Crippen LogP contribution >= 0.6 is 11.6 Å². The van der Waals surface area contributed by atoms with Crippen molar-refractivity contribution in [2.45, 2.75) is 31.8 Å². The predicted molar refractivity (Wildman–Crippen MR) is 106 cm³/mol. The first-order valence-electron chi connectivity index (χ1n) is 9.21. The Balaban J connectivity index is 1.56. The molecule has 0 atom stereocenters. The van der Waals surface area contributed by atoms with E-state index in [1.165, 1.54) is 16.4 Å². The van der Waals surface area contributed by atoms with Gasteiger partial charge in [0.2, 0.25) is 10.0 Å². The lowest BCUT2D eigenvalue weighted by Crippen LogP contribution is -2.33. The Morgan fingerprint density at radius 3 is 2.46 bits per heavy atom. The highest BCUT2D eigenvalue weighted by molar-refractivity contribution is 7.93. The summed E-state index contributed by atoms with van der Waals surface area (Å²) < 4.78 is 39.7. The number of carbonyl (C=O) groups is 1. The van der Waals surface area contributed by atoms with E-state index >= 15 is 0 Å². The van der Waals surface area contributed by atoms with Crippen molar-refractivity contribution in [3.05, 3.63) is 64.4 Å². The first kappa shape index (κ1) is 19.2. The molecule has 1 heterocycles. The van der Waals surface area contributed by atoms with Gasteiger partial charge in [0.15, 0.2) is 0 Å². The molecule has 0 radical (unpaired) electrons. The minimum Gasteiger partial charge on any atom is -0.331 e. The van der Waals surface area contributed by atoms with E-state index in [1.807, 2.05) is 0 Å². The van der Waals surface area contributed by atoms with Crippen molar-refractivity contribution in [1.82, 2.24) is 4.90 Å². The number of nitrogens with zero attached hydrogens (tertiary/aromatic N) is 2. The van der Waals surface area contributed by atoms with Gasteiger partial charge in [0.25, 0.3) is 5.91 Å². The monoisotopic (exact) mass is 422 g/mol. The van der Waals surface area contributed by atoms with Crippen molar-refractivity contribution in [1.29, 1.82) is 0 Å². The Labute approximate surface area is 168 Å². The maximum absolute atomic E-state index is 14.2. The average molecular weight is 423 g/mol. The fourth-order valence-electron chi connectivity index (χ4n) is 3.47. The lowest BCUT2D eigenvalue weighted by Gasteiger charge is -2.24. The Hall–Kier alpha value is -2.12. The molecule has 0 aromatic heterocycles. The molecule has 1 aliphatic carbocycles. The molecule has 2 aromatic rings. The fourth-order valence-corrected chi connectivity index (χ4v) is 5.26. The summed E-state index contributed by atoms with van der Waals surface area (Å²) in [6.07, 6.45) is 2.35. The number of halogens is 2. The van der Waals surface area contributed by atoms with Gasteiger partial charge in [0.1, 0.15) is 5.82 Å². The molecule has 0 unspecified atom stereocenters. The van der Waals surface area contributed by atoms with Crippen molar-refractivity contribution in [3.8, 4) is 0 Å². The molecule has 1 saturated carbocycles. The highest BCUT2D eigenvalue weighted by atomic mass is 35.5. The number of carbonyl (C=O) groups excluding carboxylic acids is 1. The van der Waals surface area contributed by atoms with E-state index in [0.717, 1.165) is 12.8 Å². The van der Waals surface area contributed by atoms with Crippen LogP contribution in [0.3, 0.4) is 0 Å². The summed E-state index contributed by atoms with van der Waals surface area (Å²) in [6, 6.07) is 11.1. The highest BCUT2D eigenvalue weighted by Crippen LogP contribution is 2.32. The van der Waals surface area contributed by atoms with Crippen molar-refractivity contribution >= 4 is 33.2 Å². The zero-order chi connectivity index (χ0) is 19.9. The quantitative estimate of drug-likeness (QED) is 0.735. The number of sulfonamides is 1. The van der Waals surface area contributed by atoms with Crippen LogP contribution < -0.4 is 4.31 Å². The zero-order valence-electron chi connectivity index (χ0n) is 15.1. The molecule has 1 aliphatic heterocycles. The molecular weight excluding hydrogens is 403 g/mol. The molecule has 0 N–H and O–H groups in total. The molecule has 8 heteroatoms. The maximum atomic E-state index is 14.2. The summed E-state index contributed by atoms with van der Waals surface area (Å²) >= 11 is 6.13. The first-order chi connectivity index (χ1) is 13.4. The normalized spacial score (nSPS) is 18.3. The molecular formula is C20H20ClFN2O3S. The van der Waals surface area contributed by atoms with Crippen LogP contribution in [0.5, 0.6) is 0 Å². The molecule has 5 nitrogen and oxygen atoms in total. The standard InChI is InChI=1S/C20H20ClFN2O3S/c21-18-3-1-4-19(22)17(18)13-23(15-9-10-15)20(25)14-5-7-16(8-6-14)24-11-2-12-28(24,26)27/h1,3-8,15H,2,9-13H2. The average Bonchev–Trinajstić information content (AvgIpc) is 3.44. The van der Waals surface area contributed by atoms with Gasteiger partial charge >= 0.3 is 0 Å². The van der Waals surface area contributed by atoms with Crippen LogP contribution in [0.15, 0.2) is 42.5 Å². The number of amides is 1. The molecule has 2 aromatic carbocycles. The van der Waals surface area contributed by atoms with Crippen LogP contribution in [0.2, 0.25) is 5.02 Å². The zero-order valence-corrected chi connectivity index (χ0v) is 16.7. The second-order valence-corrected chi connectivity index (χ2v) is 9.57. The number of benzene rings is 2. The molecule has 0 spiro atoms. The minimum absolute atomic E-state index is 0.0711. The Bertz CT molecular complexity index is 986. The Kier molecular flexibility index (Phi) is 5.05. The van der Waals surface area contributed by atoms with Crippen molar-refractivity contribution in [3.63, 3.8) is 0 Å². The summed E-state index contributed by atoms with van der Waals surface area (Å²) in [4.78, 5) is 14.7. The molecule has 148 valence electrons. The second kappa shape index (κ2) is 7.37. The smallest absolute Gasteiger partial charge is 0.254 e. The summed E-state index contributed by atoms with van der Waals surface area (Å²) in [5.74, 6) is -0.495. The molecule has 2 fully saturated rings. The van der Waals surface area contributed by atoms with Crippen LogP contribution in [0.1, 0.15) is 35.2 Å². The summed E-state index contributed by atoms with van der Waals surface area (Å²) in [6.45, 7) is 0.562. The first-order valence-corrected chi connectivity index (χ1v) is 11.2. The third-order valence-electron chi connectivity index (χ3n) is 5.14. The third-order valence-corrected chi connectivity index (χ3v) is 7.36. The molecule has 2 aliphatic rings. The van der Waals surface area contributed by atoms with E-state index < -0.39 is 15.8 Å². The lowest BCUT2D eigenvalue weighted by molar-refractivity contribution is 0.0728. The van der Waals surface area contributed by atoms with Gasteiger partial charge in [0.05, 0.1) is 18.0 Å². The van der Waals surface area contributed by atoms with E-state index in [4.69, 9.17) is 11.6 Å². The SMILES string of the molecule is O=C(c1ccc(N2CCCS2(=O)=O)cc1)N(Cc1c(F)cccc1Cl)C1CC1. The molecule has 1 amide bonds. The summed E-state index contributed by atoms with van der Waals surface area (Å²) in [5, 5.41) is 0.299. The third kappa shape index (κ3) is 3.73. The van der Waals surface area contributed by atoms with Gasteiger partial charge in [-0.2, -0.15) is 0 Å². The molecule has 0 bridgehead atoms. The topological polar surface area (TPSA) is 57.7 Å². The van der Waals surface area contributed by atoms with Crippen LogP contribution in [0, 0.1) is 5.82 Å². The van der Waals surface area contributed by atoms with Crippen molar-refractivity contribution in [2.24, 2.45) is 0 Å². The van der Waals surface area contributed by atoms with Crippen molar-refractivity contribution in [2.75, 3.05) is 16.6 Å². The van der Waals surface area contributed by atoms with Crippen LogP contribution in [-0.2, 0) is 16.6 Å². The second-order valence-electron chi connectivity index (χ2n) is 7.15. The van der Waals surface area contributed by atoms with Gasteiger partial charge in [-0.05, 0) is 55.7 Å². The molecule has 4 rings (SSSR count). The van der Waals surface area contributed by atoms with Crippen LogP contribution in [0.25, 0.3) is 0 Å². The number of anilines is 1. The molecule has 28 heavy (non-hydrogen) atoms. The van der Waals surface area contributed by atoms with Gasteiger partial charge in [-0.3, -0.25) is 9.10 Å². The van der Waals surface area contributed by atoms with Gasteiger partial charge in [-0.1, -0.05) is 17.7 Å². The fraction of sp³-hybridized carbons (Fsp3) is 0.350. The van der Waals surface area contributed by atoms with E-state index in [0.29, 0.717) is 34.8 Å². The minimum atomic E-state index is -3.26. The lowest BCUT2D eigenvalue weighted by atomic mass is 10.1. The van der Waals surface area contributed by atoms with Crippen LogP contribution in [0.4, 0.5) is 10.1 Å². The van der Waals surface area contributed by atoms with Crippen LogP contribution in [-0.4, -0.2) is 37.6 Å². The van der Waals surface area contributed by atoms with E-state index in [1.54, 1.807) is 35.2 Å². The van der Waals surface area contributed by atoms with Gasteiger partial charge < -0.3 is 4.90 Å². The summed E-state index contributed by atoms with van der Waals surface area (Å²) in [5.41, 5.74) is 1.31. The highest BCUT2D eigenvalue weighted by Gasteiger charge is 2.34. The van der Waals surface area contributed by atoms with E-state index in [2.05, 4.69) is 0 Å². The Morgan fingerprint density at radius 2 is 1.89 bits per heavy atom. The van der Waals surface area contributed by atoms with Crippen molar-refractivity contribution < 1.29 is 17.6 Å². The Morgan fingerprint density at radius 1 is 1.18 bits per heavy atom. The number of rotatable bonds is 5. The largest absolute Gasteiger partial charge is 0.331 e.